The zero-order chi connectivity index (χ0) is 13.1. The standard InChI is InChI=1S/C14H16N2O2/c1-3-6-13(17)16-9-10(2)14(18)15-11-7-4-5-8-12(11)16/h3-8,10H,9H2,1-2H3,(H,15,18)/b6-3+/t10-/m0/s1. The lowest BCUT2D eigenvalue weighted by atomic mass is 10.1. The zero-order valence-corrected chi connectivity index (χ0v) is 10.5. The minimum Gasteiger partial charge on any atom is -0.324 e. The van der Waals surface area contributed by atoms with E-state index in [1.54, 1.807) is 24.0 Å². The first kappa shape index (κ1) is 12.4. The molecule has 0 bridgehead atoms. The largest absolute Gasteiger partial charge is 0.324 e. The van der Waals surface area contributed by atoms with Crippen molar-refractivity contribution in [3.8, 4) is 0 Å². The first-order valence-corrected chi connectivity index (χ1v) is 5.97. The van der Waals surface area contributed by atoms with E-state index in [1.165, 1.54) is 6.08 Å². The van der Waals surface area contributed by atoms with E-state index in [1.807, 2.05) is 25.1 Å². The van der Waals surface area contributed by atoms with Crippen LogP contribution in [0.5, 0.6) is 0 Å². The molecule has 1 atom stereocenters. The summed E-state index contributed by atoms with van der Waals surface area (Å²) in [6.45, 7) is 4.01. The number of amides is 2. The molecule has 0 saturated heterocycles. The van der Waals surface area contributed by atoms with E-state index in [9.17, 15) is 9.59 Å². The molecule has 2 amide bonds. The van der Waals surface area contributed by atoms with Crippen molar-refractivity contribution in [1.82, 2.24) is 0 Å². The second-order valence-corrected chi connectivity index (χ2v) is 4.36. The lowest BCUT2D eigenvalue weighted by molar-refractivity contribution is -0.119. The third-order valence-electron chi connectivity index (χ3n) is 2.93. The second-order valence-electron chi connectivity index (χ2n) is 4.36. The van der Waals surface area contributed by atoms with E-state index in [0.29, 0.717) is 12.2 Å². The van der Waals surface area contributed by atoms with Gasteiger partial charge in [-0.3, -0.25) is 9.59 Å². The van der Waals surface area contributed by atoms with Crippen LogP contribution in [-0.4, -0.2) is 18.4 Å². The number of rotatable bonds is 1. The van der Waals surface area contributed by atoms with Gasteiger partial charge in [0, 0.05) is 6.54 Å². The number of allylic oxidation sites excluding steroid dienone is 1. The average molecular weight is 244 g/mol. The second kappa shape index (κ2) is 5.04. The van der Waals surface area contributed by atoms with Gasteiger partial charge in [0.2, 0.25) is 5.91 Å². The predicted molar refractivity (Wildman–Crippen MR) is 71.4 cm³/mol. The molecular formula is C14H16N2O2. The maximum atomic E-state index is 12.1. The molecule has 0 fully saturated rings. The molecule has 1 aromatic carbocycles. The number of hydrogen-bond acceptors (Lipinski definition) is 2. The molecule has 4 heteroatoms. The van der Waals surface area contributed by atoms with E-state index >= 15 is 0 Å². The molecular weight excluding hydrogens is 228 g/mol. The summed E-state index contributed by atoms with van der Waals surface area (Å²) in [5.74, 6) is -0.391. The Morgan fingerprint density at radius 3 is 2.89 bits per heavy atom. The van der Waals surface area contributed by atoms with Crippen molar-refractivity contribution in [3.05, 3.63) is 36.4 Å². The summed E-state index contributed by atoms with van der Waals surface area (Å²) < 4.78 is 0. The first-order valence-electron chi connectivity index (χ1n) is 5.97. The van der Waals surface area contributed by atoms with Gasteiger partial charge in [-0.2, -0.15) is 0 Å². The van der Waals surface area contributed by atoms with E-state index in [4.69, 9.17) is 0 Å². The molecule has 2 rings (SSSR count). The molecule has 1 heterocycles. The minimum absolute atomic E-state index is 0.0572. The van der Waals surface area contributed by atoms with Gasteiger partial charge in [-0.15, -0.1) is 0 Å². The minimum atomic E-state index is -0.230. The van der Waals surface area contributed by atoms with E-state index in [0.717, 1.165) is 5.69 Å². The highest BCUT2D eigenvalue weighted by atomic mass is 16.2. The molecule has 94 valence electrons. The fourth-order valence-electron chi connectivity index (χ4n) is 1.97. The Hall–Kier alpha value is -2.10. The van der Waals surface area contributed by atoms with Crippen molar-refractivity contribution in [2.24, 2.45) is 5.92 Å². The smallest absolute Gasteiger partial charge is 0.250 e. The number of benzene rings is 1. The summed E-state index contributed by atoms with van der Waals surface area (Å²) in [6.07, 6.45) is 3.22. The van der Waals surface area contributed by atoms with Gasteiger partial charge in [-0.25, -0.2) is 0 Å². The van der Waals surface area contributed by atoms with Crippen molar-refractivity contribution < 1.29 is 9.59 Å². The lowest BCUT2D eigenvalue weighted by Crippen LogP contribution is -2.34. The van der Waals surface area contributed by atoms with Gasteiger partial charge < -0.3 is 10.2 Å². The zero-order valence-electron chi connectivity index (χ0n) is 10.5. The van der Waals surface area contributed by atoms with Crippen molar-refractivity contribution >= 4 is 23.2 Å². The van der Waals surface area contributed by atoms with Crippen molar-refractivity contribution in [2.75, 3.05) is 16.8 Å². The van der Waals surface area contributed by atoms with E-state index in [2.05, 4.69) is 5.32 Å². The summed E-state index contributed by atoms with van der Waals surface area (Å²) in [5.41, 5.74) is 1.43. The molecule has 1 N–H and O–H groups in total. The van der Waals surface area contributed by atoms with Crippen LogP contribution in [0.4, 0.5) is 11.4 Å². The molecule has 0 aromatic heterocycles. The molecule has 0 aliphatic carbocycles. The number of nitrogens with zero attached hydrogens (tertiary/aromatic N) is 1. The Bertz CT molecular complexity index is 508. The van der Waals surface area contributed by atoms with Gasteiger partial charge in [0.15, 0.2) is 0 Å². The molecule has 4 nitrogen and oxygen atoms in total. The number of fused-ring (bicyclic) bond motifs is 1. The highest BCUT2D eigenvalue weighted by Crippen LogP contribution is 2.29. The molecule has 0 spiro atoms. The van der Waals surface area contributed by atoms with Crippen LogP contribution in [0.2, 0.25) is 0 Å². The van der Waals surface area contributed by atoms with Crippen LogP contribution in [0, 0.1) is 5.92 Å². The van der Waals surface area contributed by atoms with Gasteiger partial charge >= 0.3 is 0 Å². The Balaban J connectivity index is 2.45. The van der Waals surface area contributed by atoms with Crippen LogP contribution in [0.1, 0.15) is 13.8 Å². The van der Waals surface area contributed by atoms with Gasteiger partial charge in [0.25, 0.3) is 5.91 Å². The summed E-state index contributed by atoms with van der Waals surface area (Å²) in [5, 5.41) is 2.84. The average Bonchev–Trinajstić information content (AvgIpc) is 2.48. The molecule has 1 aromatic rings. The lowest BCUT2D eigenvalue weighted by Gasteiger charge is -2.21. The number of nitrogens with one attached hydrogen (secondary N) is 1. The Morgan fingerprint density at radius 1 is 1.44 bits per heavy atom. The van der Waals surface area contributed by atoms with Gasteiger partial charge in [-0.05, 0) is 25.1 Å². The monoisotopic (exact) mass is 244 g/mol. The molecule has 1 aliphatic heterocycles. The Kier molecular flexibility index (Phi) is 3.46. The van der Waals surface area contributed by atoms with Gasteiger partial charge in [0.05, 0.1) is 17.3 Å². The number of anilines is 2. The fraction of sp³-hybridized carbons (Fsp3) is 0.286. The Labute approximate surface area is 106 Å². The van der Waals surface area contributed by atoms with E-state index < -0.39 is 0 Å². The summed E-state index contributed by atoms with van der Waals surface area (Å²) >= 11 is 0. The Morgan fingerprint density at radius 2 is 2.17 bits per heavy atom. The van der Waals surface area contributed by atoms with Gasteiger partial charge in [-0.1, -0.05) is 25.1 Å². The van der Waals surface area contributed by atoms with Crippen LogP contribution in [0.25, 0.3) is 0 Å². The SMILES string of the molecule is C/C=C/C(=O)N1C[C@H](C)C(=O)Nc2ccccc21. The predicted octanol–water partition coefficient (Wildman–Crippen LogP) is 2.18. The summed E-state index contributed by atoms with van der Waals surface area (Å²) in [4.78, 5) is 25.5. The topological polar surface area (TPSA) is 49.4 Å². The van der Waals surface area contributed by atoms with Gasteiger partial charge in [0.1, 0.15) is 0 Å². The molecule has 0 radical (unpaired) electrons. The maximum Gasteiger partial charge on any atom is 0.250 e. The number of carbonyl (C=O) groups is 2. The molecule has 18 heavy (non-hydrogen) atoms. The van der Waals surface area contributed by atoms with Crippen LogP contribution < -0.4 is 10.2 Å². The highest BCUT2D eigenvalue weighted by Gasteiger charge is 2.27. The van der Waals surface area contributed by atoms with E-state index in [-0.39, 0.29) is 17.7 Å². The van der Waals surface area contributed by atoms with Crippen LogP contribution >= 0.6 is 0 Å². The molecule has 1 aliphatic rings. The van der Waals surface area contributed by atoms with Crippen molar-refractivity contribution in [3.63, 3.8) is 0 Å². The normalized spacial score (nSPS) is 19.3. The van der Waals surface area contributed by atoms with Crippen LogP contribution in [0.3, 0.4) is 0 Å². The third-order valence-corrected chi connectivity index (χ3v) is 2.93. The fourth-order valence-corrected chi connectivity index (χ4v) is 1.97. The molecule has 0 saturated carbocycles. The quantitative estimate of drug-likeness (QED) is 0.770. The van der Waals surface area contributed by atoms with Crippen LogP contribution in [0.15, 0.2) is 36.4 Å². The van der Waals surface area contributed by atoms with Crippen molar-refractivity contribution in [1.29, 1.82) is 0 Å². The first-order chi connectivity index (χ1) is 8.63. The number of para-hydroxylation sites is 2. The van der Waals surface area contributed by atoms with Crippen molar-refractivity contribution in [2.45, 2.75) is 13.8 Å². The summed E-state index contributed by atoms with van der Waals surface area (Å²) in [6, 6.07) is 7.35. The highest BCUT2D eigenvalue weighted by molar-refractivity contribution is 6.08. The number of hydrogen-bond donors (Lipinski definition) is 1. The molecule has 0 unspecified atom stereocenters. The third kappa shape index (κ3) is 2.27. The number of carbonyl (C=O) groups excluding carboxylic acids is 2. The van der Waals surface area contributed by atoms with Crippen LogP contribution in [-0.2, 0) is 9.59 Å². The maximum absolute atomic E-state index is 12.1. The summed E-state index contributed by atoms with van der Waals surface area (Å²) in [7, 11) is 0.